The summed E-state index contributed by atoms with van der Waals surface area (Å²) in [6.07, 6.45) is 1.57. The van der Waals surface area contributed by atoms with Gasteiger partial charge in [0.2, 0.25) is 10.0 Å². The Balaban J connectivity index is 2.61. The lowest BCUT2D eigenvalue weighted by atomic mass is 10.3. The van der Waals surface area contributed by atoms with E-state index in [0.717, 1.165) is 24.6 Å². The van der Waals surface area contributed by atoms with Crippen molar-refractivity contribution in [2.24, 2.45) is 0 Å². The molecule has 0 spiro atoms. The Hall–Kier alpha value is -1.67. The first-order chi connectivity index (χ1) is 9.36. The van der Waals surface area contributed by atoms with Crippen LogP contribution in [0.25, 0.3) is 0 Å². The highest BCUT2D eigenvalue weighted by Gasteiger charge is 2.17. The number of sulfonamides is 1. The van der Waals surface area contributed by atoms with Crippen LogP contribution in [0.5, 0.6) is 0 Å². The van der Waals surface area contributed by atoms with E-state index < -0.39 is 28.4 Å². The van der Waals surface area contributed by atoms with Gasteiger partial charge >= 0.3 is 5.97 Å². The number of esters is 1. The molecule has 0 radical (unpaired) electrons. The zero-order valence-electron chi connectivity index (χ0n) is 11.1. The minimum Gasteiger partial charge on any atom is -0.465 e. The zero-order chi connectivity index (χ0) is 15.2. The number of carbonyl (C=O) groups excluding carboxylic acids is 1. The second-order valence-corrected chi connectivity index (χ2v) is 5.85. The Morgan fingerprint density at radius 3 is 2.75 bits per heavy atom. The number of nitrogen functional groups attached to an aromatic ring is 1. The van der Waals surface area contributed by atoms with E-state index >= 15 is 0 Å². The van der Waals surface area contributed by atoms with E-state index in [0.29, 0.717) is 6.42 Å². The number of halogens is 1. The molecule has 0 atom stereocenters. The third-order valence-electron chi connectivity index (χ3n) is 2.45. The van der Waals surface area contributed by atoms with Gasteiger partial charge in [-0.25, -0.2) is 12.8 Å². The molecule has 8 heteroatoms. The Bertz CT molecular complexity index is 575. The Labute approximate surface area is 117 Å². The minimum absolute atomic E-state index is 0.150. The normalized spacial score (nSPS) is 11.3. The first kappa shape index (κ1) is 16.4. The zero-order valence-corrected chi connectivity index (χ0v) is 11.9. The molecule has 1 rings (SSSR count). The van der Waals surface area contributed by atoms with Crippen molar-refractivity contribution < 1.29 is 22.3 Å². The number of benzene rings is 1. The Kier molecular flexibility index (Phi) is 5.90. The number of nitrogens with two attached hydrogens (primary N) is 1. The molecule has 1 aromatic carbocycles. The number of carbonyl (C=O) groups is 1. The molecule has 0 aliphatic carbocycles. The first-order valence-corrected chi connectivity index (χ1v) is 7.55. The molecule has 6 nitrogen and oxygen atoms in total. The molecule has 0 saturated carbocycles. The lowest BCUT2D eigenvalue weighted by Gasteiger charge is -2.07. The van der Waals surface area contributed by atoms with Gasteiger partial charge in [-0.05, 0) is 24.6 Å². The van der Waals surface area contributed by atoms with Crippen molar-refractivity contribution in [3.05, 3.63) is 24.0 Å². The molecule has 0 amide bonds. The van der Waals surface area contributed by atoms with Gasteiger partial charge in [0.1, 0.15) is 12.4 Å². The molecule has 0 saturated heterocycles. The SMILES string of the molecule is CCCCOC(=O)CNS(=O)(=O)c1ccc(N)c(F)c1. The van der Waals surface area contributed by atoms with E-state index in [9.17, 15) is 17.6 Å². The number of hydrogen-bond acceptors (Lipinski definition) is 5. The first-order valence-electron chi connectivity index (χ1n) is 6.07. The van der Waals surface area contributed by atoms with Gasteiger partial charge in [0.15, 0.2) is 0 Å². The molecule has 0 unspecified atom stereocenters. The van der Waals surface area contributed by atoms with Crippen LogP contribution in [0.15, 0.2) is 23.1 Å². The molecular weight excluding hydrogens is 287 g/mol. The lowest BCUT2D eigenvalue weighted by Crippen LogP contribution is -2.31. The molecule has 0 aromatic heterocycles. The van der Waals surface area contributed by atoms with E-state index in [2.05, 4.69) is 0 Å². The van der Waals surface area contributed by atoms with Gasteiger partial charge in [-0.2, -0.15) is 4.72 Å². The number of anilines is 1. The average molecular weight is 304 g/mol. The van der Waals surface area contributed by atoms with Crippen LogP contribution in [-0.2, 0) is 19.6 Å². The molecule has 0 fully saturated rings. The maximum atomic E-state index is 13.2. The summed E-state index contributed by atoms with van der Waals surface area (Å²) in [7, 11) is -3.97. The Morgan fingerprint density at radius 2 is 2.15 bits per heavy atom. The molecule has 20 heavy (non-hydrogen) atoms. The van der Waals surface area contributed by atoms with Crippen LogP contribution in [-0.4, -0.2) is 27.5 Å². The van der Waals surface area contributed by atoms with Crippen molar-refractivity contribution in [1.29, 1.82) is 0 Å². The molecular formula is C12H17FN2O4S. The summed E-state index contributed by atoms with van der Waals surface area (Å²) in [5.41, 5.74) is 5.11. The smallest absolute Gasteiger partial charge is 0.321 e. The molecule has 1 aromatic rings. The number of rotatable bonds is 7. The van der Waals surface area contributed by atoms with E-state index in [4.69, 9.17) is 10.5 Å². The van der Waals surface area contributed by atoms with Crippen LogP contribution < -0.4 is 10.5 Å². The summed E-state index contributed by atoms with van der Waals surface area (Å²) in [5.74, 6) is -1.52. The number of unbranched alkanes of at least 4 members (excludes halogenated alkanes) is 1. The molecule has 3 N–H and O–H groups in total. The van der Waals surface area contributed by atoms with Crippen LogP contribution in [0, 0.1) is 5.82 Å². The van der Waals surface area contributed by atoms with Crippen molar-refractivity contribution in [2.75, 3.05) is 18.9 Å². The van der Waals surface area contributed by atoms with Crippen LogP contribution >= 0.6 is 0 Å². The van der Waals surface area contributed by atoms with Crippen LogP contribution in [0.3, 0.4) is 0 Å². The van der Waals surface area contributed by atoms with Gasteiger partial charge < -0.3 is 10.5 Å². The third kappa shape index (κ3) is 4.78. The van der Waals surface area contributed by atoms with E-state index in [-0.39, 0.29) is 17.2 Å². The van der Waals surface area contributed by atoms with E-state index in [1.54, 1.807) is 0 Å². The van der Waals surface area contributed by atoms with Crippen molar-refractivity contribution >= 4 is 21.7 Å². The molecule has 0 heterocycles. The second-order valence-electron chi connectivity index (χ2n) is 4.08. The molecule has 0 aliphatic rings. The van der Waals surface area contributed by atoms with E-state index in [1.165, 1.54) is 0 Å². The van der Waals surface area contributed by atoms with Gasteiger partial charge in [0.05, 0.1) is 17.2 Å². The highest BCUT2D eigenvalue weighted by atomic mass is 32.2. The summed E-state index contributed by atoms with van der Waals surface area (Å²) < 4.78 is 43.6. The second kappa shape index (κ2) is 7.20. The standard InChI is InChI=1S/C12H17FN2O4S/c1-2-3-6-19-12(16)8-15-20(17,18)9-4-5-11(14)10(13)7-9/h4-5,7,15H,2-3,6,8,14H2,1H3. The number of ether oxygens (including phenoxy) is 1. The fourth-order valence-electron chi connectivity index (χ4n) is 1.29. The van der Waals surface area contributed by atoms with Crippen molar-refractivity contribution in [2.45, 2.75) is 24.7 Å². The maximum Gasteiger partial charge on any atom is 0.321 e. The minimum atomic E-state index is -3.97. The molecule has 112 valence electrons. The maximum absolute atomic E-state index is 13.2. The Morgan fingerprint density at radius 1 is 1.45 bits per heavy atom. The van der Waals surface area contributed by atoms with Crippen LogP contribution in [0.4, 0.5) is 10.1 Å². The van der Waals surface area contributed by atoms with Gasteiger partial charge in [0.25, 0.3) is 0 Å². The van der Waals surface area contributed by atoms with E-state index in [1.807, 2.05) is 11.6 Å². The van der Waals surface area contributed by atoms with Crippen LogP contribution in [0.1, 0.15) is 19.8 Å². The fourth-order valence-corrected chi connectivity index (χ4v) is 2.27. The monoisotopic (exact) mass is 304 g/mol. The van der Waals surface area contributed by atoms with Crippen molar-refractivity contribution in [3.8, 4) is 0 Å². The van der Waals surface area contributed by atoms with Crippen LogP contribution in [0.2, 0.25) is 0 Å². The summed E-state index contributed by atoms with van der Waals surface area (Å²) in [5, 5.41) is 0. The largest absolute Gasteiger partial charge is 0.465 e. The van der Waals surface area contributed by atoms with Gasteiger partial charge in [-0.15, -0.1) is 0 Å². The summed E-state index contributed by atoms with van der Waals surface area (Å²) in [6.45, 7) is 1.68. The summed E-state index contributed by atoms with van der Waals surface area (Å²) in [4.78, 5) is 11.0. The number of nitrogens with one attached hydrogen (secondary N) is 1. The molecule has 0 aliphatic heterocycles. The molecule has 0 bridgehead atoms. The topological polar surface area (TPSA) is 98.5 Å². The predicted octanol–water partition coefficient (Wildman–Crippen LogP) is 1.03. The third-order valence-corrected chi connectivity index (χ3v) is 3.85. The van der Waals surface area contributed by atoms with Gasteiger partial charge in [-0.1, -0.05) is 13.3 Å². The van der Waals surface area contributed by atoms with Crippen molar-refractivity contribution in [1.82, 2.24) is 4.72 Å². The van der Waals surface area contributed by atoms with Crippen molar-refractivity contribution in [3.63, 3.8) is 0 Å². The predicted molar refractivity (Wildman–Crippen MR) is 71.9 cm³/mol. The average Bonchev–Trinajstić information content (AvgIpc) is 2.40. The fraction of sp³-hybridized carbons (Fsp3) is 0.417. The van der Waals surface area contributed by atoms with Gasteiger partial charge in [-0.3, -0.25) is 4.79 Å². The summed E-state index contributed by atoms with van der Waals surface area (Å²) >= 11 is 0. The van der Waals surface area contributed by atoms with Gasteiger partial charge in [0, 0.05) is 0 Å². The quantitative estimate of drug-likeness (QED) is 0.445. The highest BCUT2D eigenvalue weighted by molar-refractivity contribution is 7.89. The highest BCUT2D eigenvalue weighted by Crippen LogP contribution is 2.15. The summed E-state index contributed by atoms with van der Waals surface area (Å²) in [6, 6.07) is 3.09. The number of hydrogen-bond donors (Lipinski definition) is 2. The lowest BCUT2D eigenvalue weighted by molar-refractivity contribution is -0.142.